The van der Waals surface area contributed by atoms with Crippen molar-refractivity contribution in [3.63, 3.8) is 0 Å². The fraction of sp³-hybridized carbons (Fsp3) is 0.211. The van der Waals surface area contributed by atoms with Crippen LogP contribution in [0.2, 0.25) is 5.02 Å². The highest BCUT2D eigenvalue weighted by atomic mass is 35.5. The molecule has 2 aromatic carbocycles. The number of amides is 2. The van der Waals surface area contributed by atoms with E-state index < -0.39 is 5.97 Å². The van der Waals surface area contributed by atoms with Crippen molar-refractivity contribution in [1.29, 1.82) is 0 Å². The normalized spacial score (nSPS) is 10.2. The van der Waals surface area contributed by atoms with E-state index in [0.717, 1.165) is 5.56 Å². The molecule has 0 unspecified atom stereocenters. The fourth-order valence-electron chi connectivity index (χ4n) is 2.40. The van der Waals surface area contributed by atoms with Gasteiger partial charge in [0.25, 0.3) is 0 Å². The molecule has 2 rings (SSSR count). The smallest absolute Gasteiger partial charge is 0.337 e. The van der Waals surface area contributed by atoms with Gasteiger partial charge in [0.1, 0.15) is 6.54 Å². The highest BCUT2D eigenvalue weighted by Crippen LogP contribution is 2.21. The Morgan fingerprint density at radius 1 is 1.15 bits per heavy atom. The summed E-state index contributed by atoms with van der Waals surface area (Å²) in [6, 6.07) is 11.5. The summed E-state index contributed by atoms with van der Waals surface area (Å²) in [5.41, 5.74) is 2.16. The second-order valence-electron chi connectivity index (χ2n) is 5.65. The van der Waals surface area contributed by atoms with E-state index in [1.54, 1.807) is 36.4 Å². The topological polar surface area (TPSA) is 75.7 Å². The Hall–Kier alpha value is -2.86. The summed E-state index contributed by atoms with van der Waals surface area (Å²) >= 11 is 5.91. The second kappa shape index (κ2) is 8.49. The van der Waals surface area contributed by atoms with Crippen LogP contribution in [0.4, 0.5) is 11.4 Å². The third-order valence-corrected chi connectivity index (χ3v) is 3.96. The number of hydrogen-bond donors (Lipinski definition) is 1. The molecule has 0 atom stereocenters. The number of methoxy groups -OCH3 is 1. The van der Waals surface area contributed by atoms with E-state index >= 15 is 0 Å². The van der Waals surface area contributed by atoms with Gasteiger partial charge in [-0.05, 0) is 48.9 Å². The third kappa shape index (κ3) is 4.83. The second-order valence-corrected chi connectivity index (χ2v) is 6.09. The lowest BCUT2D eigenvalue weighted by atomic mass is 10.2. The summed E-state index contributed by atoms with van der Waals surface area (Å²) in [4.78, 5) is 37.3. The minimum Gasteiger partial charge on any atom is -0.465 e. The highest BCUT2D eigenvalue weighted by Gasteiger charge is 2.18. The maximum atomic E-state index is 12.4. The molecular formula is C19H19ClN2O4. The van der Waals surface area contributed by atoms with Gasteiger partial charge in [-0.2, -0.15) is 0 Å². The molecule has 0 spiro atoms. The van der Waals surface area contributed by atoms with Crippen molar-refractivity contribution in [2.45, 2.75) is 13.8 Å². The number of ether oxygens (including phenoxy) is 1. The average Bonchev–Trinajstić information content (AvgIpc) is 2.61. The van der Waals surface area contributed by atoms with Crippen LogP contribution in [0.25, 0.3) is 0 Å². The van der Waals surface area contributed by atoms with Gasteiger partial charge in [-0.3, -0.25) is 9.59 Å². The first-order valence-corrected chi connectivity index (χ1v) is 8.22. The van der Waals surface area contributed by atoms with E-state index in [1.807, 2.05) is 6.92 Å². The SMILES string of the molecule is COC(=O)c1cccc(N(CC(=O)Nc2ccc(Cl)cc2C)C(C)=O)c1. The number of carbonyl (C=O) groups excluding carboxylic acids is 3. The lowest BCUT2D eigenvalue weighted by molar-refractivity contribution is -0.120. The van der Waals surface area contributed by atoms with Crippen molar-refractivity contribution in [3.8, 4) is 0 Å². The van der Waals surface area contributed by atoms with Crippen molar-refractivity contribution >= 4 is 40.8 Å². The van der Waals surface area contributed by atoms with E-state index in [2.05, 4.69) is 10.1 Å². The first kappa shape index (κ1) is 19.5. The largest absolute Gasteiger partial charge is 0.465 e. The standard InChI is InChI=1S/C19H19ClN2O4/c1-12-9-15(20)7-8-17(12)21-18(24)11-22(13(2)23)16-6-4-5-14(10-16)19(25)26-3/h4-10H,11H2,1-3H3,(H,21,24). The maximum Gasteiger partial charge on any atom is 0.337 e. The molecule has 0 bridgehead atoms. The van der Waals surface area contributed by atoms with Crippen LogP contribution in [0.1, 0.15) is 22.8 Å². The fourth-order valence-corrected chi connectivity index (χ4v) is 2.63. The minimum absolute atomic E-state index is 0.192. The molecule has 0 radical (unpaired) electrons. The van der Waals surface area contributed by atoms with Gasteiger partial charge in [-0.1, -0.05) is 17.7 Å². The Morgan fingerprint density at radius 3 is 2.50 bits per heavy atom. The number of esters is 1. The summed E-state index contributed by atoms with van der Waals surface area (Å²) in [6.45, 7) is 2.98. The number of rotatable bonds is 5. The molecule has 2 amide bonds. The van der Waals surface area contributed by atoms with Gasteiger partial charge in [-0.25, -0.2) is 4.79 Å². The van der Waals surface area contributed by atoms with E-state index in [1.165, 1.54) is 25.0 Å². The predicted octanol–water partition coefficient (Wildman–Crippen LogP) is 3.43. The zero-order valence-corrected chi connectivity index (χ0v) is 15.5. The molecule has 0 saturated carbocycles. The van der Waals surface area contributed by atoms with E-state index in [0.29, 0.717) is 22.0 Å². The van der Waals surface area contributed by atoms with Crippen LogP contribution in [-0.4, -0.2) is 31.4 Å². The van der Waals surface area contributed by atoms with Crippen molar-refractivity contribution in [3.05, 3.63) is 58.6 Å². The van der Waals surface area contributed by atoms with Crippen LogP contribution in [0.3, 0.4) is 0 Å². The molecule has 0 aliphatic heterocycles. The highest BCUT2D eigenvalue weighted by molar-refractivity contribution is 6.30. The summed E-state index contributed by atoms with van der Waals surface area (Å²) in [6.07, 6.45) is 0. The van der Waals surface area contributed by atoms with Crippen molar-refractivity contribution in [2.24, 2.45) is 0 Å². The first-order valence-electron chi connectivity index (χ1n) is 7.84. The zero-order chi connectivity index (χ0) is 19.3. The minimum atomic E-state index is -0.517. The van der Waals surface area contributed by atoms with Crippen molar-refractivity contribution in [1.82, 2.24) is 0 Å². The monoisotopic (exact) mass is 374 g/mol. The summed E-state index contributed by atoms with van der Waals surface area (Å²) < 4.78 is 4.68. The van der Waals surface area contributed by atoms with Gasteiger partial charge in [0.2, 0.25) is 11.8 Å². The van der Waals surface area contributed by atoms with Gasteiger partial charge in [-0.15, -0.1) is 0 Å². The number of anilines is 2. The molecule has 0 aliphatic carbocycles. The van der Waals surface area contributed by atoms with Crippen LogP contribution in [0.5, 0.6) is 0 Å². The predicted molar refractivity (Wildman–Crippen MR) is 101 cm³/mol. The lowest BCUT2D eigenvalue weighted by Crippen LogP contribution is -2.36. The van der Waals surface area contributed by atoms with Gasteiger partial charge >= 0.3 is 5.97 Å². The molecule has 0 saturated heterocycles. The molecular weight excluding hydrogens is 356 g/mol. The first-order chi connectivity index (χ1) is 12.3. The summed E-state index contributed by atoms with van der Waals surface area (Å²) in [5, 5.41) is 3.33. The van der Waals surface area contributed by atoms with Crippen LogP contribution in [0.15, 0.2) is 42.5 Å². The molecule has 0 aromatic heterocycles. The number of nitrogens with one attached hydrogen (secondary N) is 1. The summed E-state index contributed by atoms with van der Waals surface area (Å²) in [7, 11) is 1.28. The quantitative estimate of drug-likeness (QED) is 0.813. The van der Waals surface area contributed by atoms with E-state index in [9.17, 15) is 14.4 Å². The van der Waals surface area contributed by atoms with Gasteiger partial charge in [0, 0.05) is 23.3 Å². The lowest BCUT2D eigenvalue weighted by Gasteiger charge is -2.21. The molecule has 26 heavy (non-hydrogen) atoms. The molecule has 0 aliphatic rings. The van der Waals surface area contributed by atoms with Gasteiger partial charge < -0.3 is 15.0 Å². The molecule has 7 heteroatoms. The Morgan fingerprint density at radius 2 is 1.88 bits per heavy atom. The Labute approximate surface area is 156 Å². The average molecular weight is 375 g/mol. The molecule has 136 valence electrons. The Kier molecular flexibility index (Phi) is 6.36. The third-order valence-electron chi connectivity index (χ3n) is 3.72. The zero-order valence-electron chi connectivity index (χ0n) is 14.7. The number of carbonyl (C=O) groups is 3. The maximum absolute atomic E-state index is 12.4. The van der Waals surface area contributed by atoms with Gasteiger partial charge in [0.15, 0.2) is 0 Å². The molecule has 2 aromatic rings. The van der Waals surface area contributed by atoms with E-state index in [-0.39, 0.29) is 18.4 Å². The number of benzene rings is 2. The van der Waals surface area contributed by atoms with Crippen molar-refractivity contribution in [2.75, 3.05) is 23.9 Å². The molecule has 6 nitrogen and oxygen atoms in total. The van der Waals surface area contributed by atoms with Crippen LogP contribution >= 0.6 is 11.6 Å². The van der Waals surface area contributed by atoms with E-state index in [4.69, 9.17) is 11.6 Å². The Balaban J connectivity index is 2.19. The summed E-state index contributed by atoms with van der Waals surface area (Å²) in [5.74, 6) is -1.21. The van der Waals surface area contributed by atoms with Crippen LogP contribution in [0, 0.1) is 6.92 Å². The number of halogens is 1. The van der Waals surface area contributed by atoms with Crippen LogP contribution < -0.4 is 10.2 Å². The molecule has 0 heterocycles. The number of hydrogen-bond acceptors (Lipinski definition) is 4. The number of aryl methyl sites for hydroxylation is 1. The van der Waals surface area contributed by atoms with Crippen LogP contribution in [-0.2, 0) is 14.3 Å². The van der Waals surface area contributed by atoms with Crippen molar-refractivity contribution < 1.29 is 19.1 Å². The van der Waals surface area contributed by atoms with Gasteiger partial charge in [0.05, 0.1) is 12.7 Å². The molecule has 0 fully saturated rings. The number of nitrogens with zero attached hydrogens (tertiary/aromatic N) is 1. The molecule has 1 N–H and O–H groups in total. The Bertz CT molecular complexity index is 851.